The Balaban J connectivity index is 0.000000176. The first-order valence-corrected chi connectivity index (χ1v) is 20.1. The highest BCUT2D eigenvalue weighted by atomic mass is 31.2. The smallest absolute Gasteiger partial charge is 0.310 e. The number of nitrogens with zero attached hydrogens (tertiary/aromatic N) is 4. The largest absolute Gasteiger partial charge is 0.466 e. The molecule has 0 aromatic heterocycles. The number of ether oxygens (including phenoxy) is 2. The zero-order valence-electron chi connectivity index (χ0n) is 28.5. The van der Waals surface area contributed by atoms with Crippen molar-refractivity contribution in [3.8, 4) is 0 Å². The monoisotopic (exact) mass is 728 g/mol. The molecule has 3 heterocycles. The molecule has 3 fully saturated rings. The predicted octanol–water partition coefficient (Wildman–Crippen LogP) is 7.52. The molecule has 0 spiro atoms. The third-order valence-corrected chi connectivity index (χ3v) is 15.8. The van der Waals surface area contributed by atoms with E-state index in [4.69, 9.17) is 9.47 Å². The molecular formula is C38H42N4O7P2. The second-order valence-electron chi connectivity index (χ2n) is 12.3. The van der Waals surface area contributed by atoms with Crippen molar-refractivity contribution in [3.05, 3.63) is 133 Å². The lowest BCUT2D eigenvalue weighted by atomic mass is 10.3. The average Bonchev–Trinajstić information content (AvgIpc) is 3.83. The topological polar surface area (TPSA) is 120 Å². The summed E-state index contributed by atoms with van der Waals surface area (Å²) in [6, 6.07) is 37.9. The second kappa shape index (κ2) is 15.2. The summed E-state index contributed by atoms with van der Waals surface area (Å²) in [5.41, 5.74) is 3.24. The lowest BCUT2D eigenvalue weighted by molar-refractivity contribution is -0.142. The first-order valence-electron chi connectivity index (χ1n) is 16.9. The van der Waals surface area contributed by atoms with E-state index in [1.165, 1.54) is 0 Å². The number of carbonyl (C=O) groups excluding carboxylic acids is 2. The lowest BCUT2D eigenvalue weighted by Gasteiger charge is -2.40. The Bertz CT molecular complexity index is 1830. The molecule has 266 valence electrons. The maximum Gasteiger partial charge on any atom is 0.310 e. The highest BCUT2D eigenvalue weighted by Gasteiger charge is 2.62. The summed E-state index contributed by atoms with van der Waals surface area (Å²) in [5.74, 6) is -0.925. The summed E-state index contributed by atoms with van der Waals surface area (Å²) in [4.78, 5) is 23.7. The van der Waals surface area contributed by atoms with Crippen LogP contribution >= 0.6 is 14.9 Å². The number of esters is 2. The van der Waals surface area contributed by atoms with Crippen LogP contribution in [0.25, 0.3) is 0 Å². The van der Waals surface area contributed by atoms with E-state index in [-0.39, 0.29) is 19.4 Å². The maximum absolute atomic E-state index is 14.3. The van der Waals surface area contributed by atoms with Gasteiger partial charge in [-0.05, 0) is 55.5 Å². The van der Waals surface area contributed by atoms with Crippen LogP contribution in [0.2, 0.25) is 0 Å². The summed E-state index contributed by atoms with van der Waals surface area (Å²) in [6.45, 7) is 8.00. The first-order chi connectivity index (χ1) is 24.6. The van der Waals surface area contributed by atoms with Gasteiger partial charge in [0.15, 0.2) is 5.34 Å². The Hall–Kier alpha value is -4.82. The fourth-order valence-electron chi connectivity index (χ4n) is 6.71. The zero-order valence-corrected chi connectivity index (χ0v) is 30.3. The van der Waals surface area contributed by atoms with E-state index in [0.29, 0.717) is 38.1 Å². The normalized spacial score (nSPS) is 20.4. The van der Waals surface area contributed by atoms with Crippen molar-refractivity contribution < 1.29 is 33.3 Å². The van der Waals surface area contributed by atoms with Crippen molar-refractivity contribution in [2.24, 2.45) is 0 Å². The van der Waals surface area contributed by atoms with Crippen LogP contribution in [0.4, 0.5) is 22.7 Å². The van der Waals surface area contributed by atoms with Crippen LogP contribution in [-0.2, 0) is 28.2 Å². The van der Waals surface area contributed by atoms with E-state index in [2.05, 4.69) is 6.58 Å². The molecule has 1 unspecified atom stereocenters. The van der Waals surface area contributed by atoms with Crippen LogP contribution in [0.15, 0.2) is 133 Å². The van der Waals surface area contributed by atoms with Crippen LogP contribution in [0, 0.1) is 0 Å². The number of para-hydroxylation sites is 4. The molecule has 11 nitrogen and oxygen atoms in total. The molecule has 1 atom stereocenters. The second-order valence-corrected chi connectivity index (χ2v) is 17.9. The molecule has 4 aromatic carbocycles. The number of anilines is 4. The number of benzene rings is 4. The van der Waals surface area contributed by atoms with Crippen LogP contribution in [-0.4, -0.2) is 61.8 Å². The molecule has 13 heteroatoms. The maximum atomic E-state index is 14.3. The molecule has 3 saturated heterocycles. The lowest BCUT2D eigenvalue weighted by Crippen LogP contribution is -2.40. The number of aliphatic hydroxyl groups is 1. The van der Waals surface area contributed by atoms with Gasteiger partial charge in [-0.15, -0.1) is 0 Å². The first kappa shape index (κ1) is 36.0. The van der Waals surface area contributed by atoms with Gasteiger partial charge in [0.1, 0.15) is 6.61 Å². The Labute approximate surface area is 298 Å². The van der Waals surface area contributed by atoms with Crippen LogP contribution < -0.4 is 18.7 Å². The van der Waals surface area contributed by atoms with E-state index >= 15 is 0 Å². The molecule has 1 N–H and O–H groups in total. The van der Waals surface area contributed by atoms with Gasteiger partial charge in [0.05, 0.1) is 19.4 Å². The SMILES string of the molecule is C=C(CC(=O)OCC)P1(=O)N(c2ccccc2)CCN1c1ccccc1.O=C1CC(O)(P2(=O)N(c3ccccc3)CCN2c2ccccc2)CO1. The van der Waals surface area contributed by atoms with Crippen molar-refractivity contribution in [1.82, 2.24) is 0 Å². The van der Waals surface area contributed by atoms with Crippen molar-refractivity contribution in [2.75, 3.05) is 58.1 Å². The van der Waals surface area contributed by atoms with Gasteiger partial charge >= 0.3 is 11.9 Å². The van der Waals surface area contributed by atoms with Gasteiger partial charge in [-0.25, -0.2) is 0 Å². The van der Waals surface area contributed by atoms with Crippen LogP contribution in [0.1, 0.15) is 19.8 Å². The van der Waals surface area contributed by atoms with Gasteiger partial charge < -0.3 is 33.3 Å². The van der Waals surface area contributed by atoms with Gasteiger partial charge in [-0.3, -0.25) is 18.7 Å². The minimum absolute atomic E-state index is 0.0578. The van der Waals surface area contributed by atoms with Crippen LogP contribution in [0.3, 0.4) is 0 Å². The predicted molar refractivity (Wildman–Crippen MR) is 201 cm³/mol. The number of cyclic esters (lactones) is 1. The number of hydrogen-bond acceptors (Lipinski definition) is 7. The molecule has 3 aliphatic rings. The molecule has 7 rings (SSSR count). The highest BCUT2D eigenvalue weighted by molar-refractivity contribution is 7.71. The Kier molecular flexibility index (Phi) is 10.7. The van der Waals surface area contributed by atoms with Gasteiger partial charge in [-0.1, -0.05) is 79.4 Å². The van der Waals surface area contributed by atoms with E-state index in [1.807, 2.05) is 131 Å². The van der Waals surface area contributed by atoms with Crippen molar-refractivity contribution in [1.29, 1.82) is 0 Å². The summed E-state index contributed by atoms with van der Waals surface area (Å²) >= 11 is 0. The van der Waals surface area contributed by atoms with Crippen molar-refractivity contribution >= 4 is 49.6 Å². The molecule has 0 saturated carbocycles. The fraction of sp³-hybridized carbons (Fsp3) is 0.263. The molecular weight excluding hydrogens is 686 g/mol. The molecule has 0 aliphatic carbocycles. The minimum atomic E-state index is -3.55. The molecule has 0 radical (unpaired) electrons. The third-order valence-electron chi connectivity index (χ3n) is 9.07. The van der Waals surface area contributed by atoms with E-state index in [1.54, 1.807) is 16.3 Å². The fourth-order valence-corrected chi connectivity index (χ4v) is 12.9. The van der Waals surface area contributed by atoms with Gasteiger partial charge in [0.2, 0.25) is 0 Å². The Morgan fingerprint density at radius 3 is 1.45 bits per heavy atom. The van der Waals surface area contributed by atoms with Gasteiger partial charge in [0.25, 0.3) is 14.9 Å². The van der Waals surface area contributed by atoms with Gasteiger partial charge in [0, 0.05) is 54.2 Å². The molecule has 4 aromatic rings. The van der Waals surface area contributed by atoms with E-state index in [0.717, 1.165) is 22.7 Å². The zero-order chi connectivity index (χ0) is 36.1. The molecule has 51 heavy (non-hydrogen) atoms. The van der Waals surface area contributed by atoms with E-state index < -0.39 is 32.2 Å². The number of hydrogen-bond donors (Lipinski definition) is 1. The molecule has 0 amide bonds. The molecule has 0 bridgehead atoms. The van der Waals surface area contributed by atoms with Crippen LogP contribution in [0.5, 0.6) is 0 Å². The summed E-state index contributed by atoms with van der Waals surface area (Å²) in [7, 11) is -6.79. The number of carbonyl (C=O) groups is 2. The average molecular weight is 729 g/mol. The summed E-state index contributed by atoms with van der Waals surface area (Å²) < 4.78 is 45.8. The third kappa shape index (κ3) is 6.94. The quantitative estimate of drug-likeness (QED) is 0.136. The Morgan fingerprint density at radius 1 is 0.725 bits per heavy atom. The Morgan fingerprint density at radius 2 is 1.10 bits per heavy atom. The van der Waals surface area contributed by atoms with Crippen molar-refractivity contribution in [2.45, 2.75) is 25.1 Å². The standard InChI is InChI=1S/C20H23N2O3P.C18H19N2O4P/c1-3-25-20(23)16-17(2)26(24)21(18-10-6-4-7-11-18)14-15-22(26)19-12-8-5-9-13-19;21-17-13-18(22,14-24-17)25(23)19(15-7-3-1-4-8-15)11-12-20(25)16-9-5-2-6-10-16/h4-13H,2-3,14-16H2,1H3;1-10,22H,11-14H2. The molecule has 3 aliphatic heterocycles. The van der Waals surface area contributed by atoms with Gasteiger partial charge in [-0.2, -0.15) is 0 Å². The number of rotatable bonds is 9. The van der Waals surface area contributed by atoms with Crippen molar-refractivity contribution in [3.63, 3.8) is 0 Å². The summed E-state index contributed by atoms with van der Waals surface area (Å²) in [5, 5.41) is 9.85. The summed E-state index contributed by atoms with van der Waals surface area (Å²) in [6.07, 6.45) is -0.325. The highest BCUT2D eigenvalue weighted by Crippen LogP contribution is 2.69. The minimum Gasteiger partial charge on any atom is -0.466 e. The van der Waals surface area contributed by atoms with E-state index in [9.17, 15) is 23.8 Å².